The molecule has 0 bridgehead atoms. The zero-order valence-corrected chi connectivity index (χ0v) is 11.0. The largest absolute Gasteiger partial charge is 0.397 e. The van der Waals surface area contributed by atoms with Gasteiger partial charge < -0.3 is 5.32 Å². The van der Waals surface area contributed by atoms with Crippen LogP contribution in [0.2, 0.25) is 0 Å². The second-order valence-corrected chi connectivity index (χ2v) is 5.28. The quantitative estimate of drug-likeness (QED) is 0.431. The van der Waals surface area contributed by atoms with Crippen molar-refractivity contribution in [1.82, 2.24) is 10.2 Å². The Morgan fingerprint density at radius 3 is 1.89 bits per heavy atom. The van der Waals surface area contributed by atoms with Crippen molar-refractivity contribution in [3.63, 3.8) is 0 Å². The lowest BCUT2D eigenvalue weighted by molar-refractivity contribution is 0.183. The first kappa shape index (κ1) is 17.7. The second-order valence-electron chi connectivity index (χ2n) is 3.29. The minimum atomic E-state index is -4.67. The van der Waals surface area contributed by atoms with Crippen LogP contribution in [0, 0.1) is 0 Å². The highest BCUT2D eigenvalue weighted by molar-refractivity contribution is 7.80. The number of nitrogens with one attached hydrogen (secondary N) is 1. The minimum absolute atomic E-state index is 0.0127. The van der Waals surface area contributed by atoms with Gasteiger partial charge >= 0.3 is 20.8 Å². The first-order chi connectivity index (χ1) is 8.08. The average molecular weight is 308 g/mol. The Morgan fingerprint density at radius 1 is 1.06 bits per heavy atom. The van der Waals surface area contributed by atoms with E-state index in [9.17, 15) is 8.42 Å². The van der Waals surface area contributed by atoms with Gasteiger partial charge in [-0.3, -0.25) is 18.6 Å². The minimum Gasteiger partial charge on any atom is -0.314 e. The molecular formula is C6H16N2O8S2. The number of piperazine rings is 1. The molecule has 1 aliphatic rings. The van der Waals surface area contributed by atoms with Gasteiger partial charge in [0.25, 0.3) is 0 Å². The molecule has 1 rings (SSSR count). The molecule has 0 aromatic rings. The lowest BCUT2D eigenvalue weighted by atomic mass is 10.4. The Hall–Kier alpha value is -0.340. The summed E-state index contributed by atoms with van der Waals surface area (Å²) in [7, 11) is -8.93. The summed E-state index contributed by atoms with van der Waals surface area (Å²) in [5.41, 5.74) is 0. The molecule has 110 valence electrons. The smallest absolute Gasteiger partial charge is 0.314 e. The SMILES string of the molecule is O=S(=O)(O)O.O=S(=O)(O)OCCN1CCNCC1. The maximum atomic E-state index is 10.2. The molecule has 0 aliphatic carbocycles. The van der Waals surface area contributed by atoms with E-state index in [2.05, 4.69) is 14.4 Å². The van der Waals surface area contributed by atoms with E-state index in [0.29, 0.717) is 6.54 Å². The Balaban J connectivity index is 0.000000494. The molecule has 1 aliphatic heterocycles. The molecule has 12 heteroatoms. The van der Waals surface area contributed by atoms with E-state index >= 15 is 0 Å². The van der Waals surface area contributed by atoms with Gasteiger partial charge in [-0.1, -0.05) is 0 Å². The lowest BCUT2D eigenvalue weighted by Gasteiger charge is -2.26. The van der Waals surface area contributed by atoms with Gasteiger partial charge in [-0.2, -0.15) is 16.8 Å². The second kappa shape index (κ2) is 7.96. The topological polar surface area (TPSA) is 153 Å². The summed E-state index contributed by atoms with van der Waals surface area (Å²) in [6, 6.07) is 0. The van der Waals surface area contributed by atoms with Crippen molar-refractivity contribution in [3.8, 4) is 0 Å². The fourth-order valence-corrected chi connectivity index (χ4v) is 1.49. The molecule has 0 radical (unpaired) electrons. The van der Waals surface area contributed by atoms with Crippen LogP contribution in [0.25, 0.3) is 0 Å². The van der Waals surface area contributed by atoms with Crippen molar-refractivity contribution in [2.75, 3.05) is 39.3 Å². The van der Waals surface area contributed by atoms with Crippen LogP contribution in [-0.2, 0) is 25.0 Å². The molecule has 4 N–H and O–H groups in total. The number of hydrogen-bond donors (Lipinski definition) is 4. The van der Waals surface area contributed by atoms with Crippen LogP contribution in [0.1, 0.15) is 0 Å². The molecule has 0 atom stereocenters. The van der Waals surface area contributed by atoms with E-state index in [1.165, 1.54) is 0 Å². The number of rotatable bonds is 4. The van der Waals surface area contributed by atoms with Crippen LogP contribution in [0.3, 0.4) is 0 Å². The third kappa shape index (κ3) is 15.7. The summed E-state index contributed by atoms with van der Waals surface area (Å²) >= 11 is 0. The zero-order valence-electron chi connectivity index (χ0n) is 9.39. The van der Waals surface area contributed by atoms with Gasteiger partial charge in [0.15, 0.2) is 0 Å². The van der Waals surface area contributed by atoms with E-state index in [4.69, 9.17) is 22.1 Å². The number of nitrogens with zero attached hydrogens (tertiary/aromatic N) is 1. The van der Waals surface area contributed by atoms with Crippen molar-refractivity contribution in [3.05, 3.63) is 0 Å². The van der Waals surface area contributed by atoms with Gasteiger partial charge in [0, 0.05) is 32.7 Å². The van der Waals surface area contributed by atoms with E-state index in [0.717, 1.165) is 26.2 Å². The summed E-state index contributed by atoms with van der Waals surface area (Å²) in [6.45, 7) is 4.13. The van der Waals surface area contributed by atoms with Crippen molar-refractivity contribution >= 4 is 20.8 Å². The molecule has 1 heterocycles. The van der Waals surface area contributed by atoms with Crippen LogP contribution in [0.5, 0.6) is 0 Å². The molecule has 0 amide bonds. The first-order valence-corrected chi connectivity index (χ1v) is 7.59. The molecule has 0 unspecified atom stereocenters. The monoisotopic (exact) mass is 308 g/mol. The average Bonchev–Trinajstić information content (AvgIpc) is 2.14. The van der Waals surface area contributed by atoms with Gasteiger partial charge in [0.1, 0.15) is 0 Å². The highest BCUT2D eigenvalue weighted by Crippen LogP contribution is 1.93. The van der Waals surface area contributed by atoms with Crippen LogP contribution in [0.4, 0.5) is 0 Å². The highest BCUT2D eigenvalue weighted by atomic mass is 32.3. The van der Waals surface area contributed by atoms with Crippen molar-refractivity contribution < 1.29 is 34.7 Å². The summed E-state index contributed by atoms with van der Waals surface area (Å²) in [5, 5.41) is 3.17. The van der Waals surface area contributed by atoms with Crippen LogP contribution >= 0.6 is 0 Å². The molecule has 0 aromatic heterocycles. The van der Waals surface area contributed by atoms with E-state index < -0.39 is 20.8 Å². The molecule has 1 saturated heterocycles. The fraction of sp³-hybridized carbons (Fsp3) is 1.00. The number of hydrogen-bond acceptors (Lipinski definition) is 7. The van der Waals surface area contributed by atoms with Gasteiger partial charge in [0.05, 0.1) is 6.61 Å². The molecule has 0 saturated carbocycles. The molecular weight excluding hydrogens is 292 g/mol. The van der Waals surface area contributed by atoms with Crippen LogP contribution in [-0.4, -0.2) is 74.7 Å². The highest BCUT2D eigenvalue weighted by Gasteiger charge is 2.10. The maximum Gasteiger partial charge on any atom is 0.397 e. The Labute approximate surface area is 105 Å². The predicted molar refractivity (Wildman–Crippen MR) is 61.0 cm³/mol. The molecule has 18 heavy (non-hydrogen) atoms. The van der Waals surface area contributed by atoms with Crippen LogP contribution < -0.4 is 5.32 Å². The molecule has 0 spiro atoms. The van der Waals surface area contributed by atoms with Crippen molar-refractivity contribution in [1.29, 1.82) is 0 Å². The molecule has 10 nitrogen and oxygen atoms in total. The Kier molecular flexibility index (Phi) is 7.81. The van der Waals surface area contributed by atoms with E-state index in [-0.39, 0.29) is 6.61 Å². The van der Waals surface area contributed by atoms with Gasteiger partial charge in [-0.25, -0.2) is 4.18 Å². The normalized spacial score (nSPS) is 17.9. The van der Waals surface area contributed by atoms with Crippen molar-refractivity contribution in [2.24, 2.45) is 0 Å². The Morgan fingerprint density at radius 2 is 1.50 bits per heavy atom. The standard InChI is InChI=1S/C6H14N2O4S.H2O4S/c9-13(10,11)12-6-5-8-3-1-7-2-4-8;1-5(2,3)4/h7H,1-6H2,(H,9,10,11);(H2,1,2,3,4). The lowest BCUT2D eigenvalue weighted by Crippen LogP contribution is -2.44. The summed E-state index contributed by atoms with van der Waals surface area (Å²) in [6.07, 6.45) is 0. The molecule has 0 aromatic carbocycles. The summed E-state index contributed by atoms with van der Waals surface area (Å²) in [5.74, 6) is 0. The zero-order chi connectivity index (χ0) is 14.2. The van der Waals surface area contributed by atoms with Crippen molar-refractivity contribution in [2.45, 2.75) is 0 Å². The Bertz CT molecular complexity index is 405. The molecule has 1 fully saturated rings. The summed E-state index contributed by atoms with van der Waals surface area (Å²) < 4.78 is 64.4. The van der Waals surface area contributed by atoms with E-state index in [1.807, 2.05) is 0 Å². The van der Waals surface area contributed by atoms with E-state index in [1.54, 1.807) is 0 Å². The predicted octanol–water partition coefficient (Wildman–Crippen LogP) is -1.94. The maximum absolute atomic E-state index is 10.2. The summed E-state index contributed by atoms with van der Waals surface area (Å²) in [4.78, 5) is 2.07. The fourth-order valence-electron chi connectivity index (χ4n) is 1.21. The van der Waals surface area contributed by atoms with Gasteiger partial charge in [-0.05, 0) is 0 Å². The first-order valence-electron chi connectivity index (χ1n) is 4.83. The third-order valence-electron chi connectivity index (χ3n) is 1.85. The van der Waals surface area contributed by atoms with Gasteiger partial charge in [0.2, 0.25) is 0 Å². The van der Waals surface area contributed by atoms with Gasteiger partial charge in [-0.15, -0.1) is 0 Å². The van der Waals surface area contributed by atoms with Crippen LogP contribution in [0.15, 0.2) is 0 Å². The third-order valence-corrected chi connectivity index (χ3v) is 2.31.